The van der Waals surface area contributed by atoms with Gasteiger partial charge in [-0.3, -0.25) is 4.79 Å². The maximum Gasteiger partial charge on any atom is 0.292 e. The topological polar surface area (TPSA) is 35.5 Å². The highest BCUT2D eigenvalue weighted by atomic mass is 28.4. The molecule has 0 bridgehead atoms. The van der Waals surface area contributed by atoms with Crippen LogP contribution in [0.15, 0.2) is 24.3 Å². The van der Waals surface area contributed by atoms with Crippen molar-refractivity contribution in [3.63, 3.8) is 0 Å². The van der Waals surface area contributed by atoms with E-state index in [1.54, 1.807) is 7.11 Å². The van der Waals surface area contributed by atoms with E-state index in [1.165, 1.54) is 0 Å². The van der Waals surface area contributed by atoms with Crippen molar-refractivity contribution in [1.82, 2.24) is 0 Å². The third kappa shape index (κ3) is 5.54. The Balaban J connectivity index is 2.47. The Bertz CT molecular complexity index is 382. The van der Waals surface area contributed by atoms with Crippen LogP contribution in [0.4, 0.5) is 0 Å². The zero-order chi connectivity index (χ0) is 12.9. The van der Waals surface area contributed by atoms with Crippen molar-refractivity contribution < 1.29 is 14.0 Å². The minimum Gasteiger partial charge on any atom is -0.520 e. The minimum atomic E-state index is -1.75. The van der Waals surface area contributed by atoms with Crippen LogP contribution in [0.3, 0.4) is 0 Å². The van der Waals surface area contributed by atoms with E-state index in [-0.39, 0.29) is 5.97 Å². The number of methoxy groups -OCH3 is 1. The van der Waals surface area contributed by atoms with Gasteiger partial charge in [0.15, 0.2) is 0 Å². The van der Waals surface area contributed by atoms with Gasteiger partial charge in [0.1, 0.15) is 5.75 Å². The normalized spacial score (nSPS) is 11.1. The molecule has 1 rings (SSSR count). The molecule has 4 heteroatoms. The fourth-order valence-electron chi connectivity index (χ4n) is 1.47. The highest BCUT2D eigenvalue weighted by molar-refractivity contribution is 6.71. The van der Waals surface area contributed by atoms with Gasteiger partial charge in [0, 0.05) is 6.42 Å². The summed E-state index contributed by atoms with van der Waals surface area (Å²) < 4.78 is 10.5. The number of hydrogen-bond acceptors (Lipinski definition) is 3. The lowest BCUT2D eigenvalue weighted by Gasteiger charge is -2.17. The molecule has 3 nitrogen and oxygen atoms in total. The second-order valence-electron chi connectivity index (χ2n) is 4.94. The molecule has 0 saturated heterocycles. The Morgan fingerprint density at radius 3 is 2.59 bits per heavy atom. The Labute approximate surface area is 104 Å². The minimum absolute atomic E-state index is 0.105. The molecule has 0 radical (unpaired) electrons. The zero-order valence-electron chi connectivity index (χ0n) is 10.9. The molecule has 94 valence electrons. The number of carbonyl (C=O) groups excluding carboxylic acids is 1. The predicted molar refractivity (Wildman–Crippen MR) is 70.8 cm³/mol. The molecule has 0 aliphatic carbocycles. The van der Waals surface area contributed by atoms with Gasteiger partial charge in [-0.1, -0.05) is 12.1 Å². The van der Waals surface area contributed by atoms with Crippen molar-refractivity contribution in [3.05, 3.63) is 29.8 Å². The zero-order valence-corrected chi connectivity index (χ0v) is 11.9. The van der Waals surface area contributed by atoms with Gasteiger partial charge in [0.05, 0.1) is 7.11 Å². The smallest absolute Gasteiger partial charge is 0.292 e. The second-order valence-corrected chi connectivity index (χ2v) is 9.37. The van der Waals surface area contributed by atoms with Gasteiger partial charge in [0.25, 0.3) is 5.97 Å². The van der Waals surface area contributed by atoms with Crippen molar-refractivity contribution in [3.8, 4) is 5.75 Å². The van der Waals surface area contributed by atoms with Crippen LogP contribution in [0.1, 0.15) is 12.0 Å². The van der Waals surface area contributed by atoms with Crippen molar-refractivity contribution in [1.29, 1.82) is 0 Å². The molecule has 0 spiro atoms. The lowest BCUT2D eigenvalue weighted by atomic mass is 10.1. The average Bonchev–Trinajstić information content (AvgIpc) is 2.24. The molecule has 0 aromatic heterocycles. The van der Waals surface area contributed by atoms with Gasteiger partial charge < -0.3 is 9.16 Å². The van der Waals surface area contributed by atoms with E-state index in [0.717, 1.165) is 11.3 Å². The van der Waals surface area contributed by atoms with E-state index in [9.17, 15) is 4.79 Å². The Hall–Kier alpha value is -1.29. The first-order chi connectivity index (χ1) is 7.90. The van der Waals surface area contributed by atoms with Gasteiger partial charge >= 0.3 is 0 Å². The standard InChI is InChI=1S/C13H20O3Si/c1-15-12-7-5-6-11(10-12)8-9-13(14)16-17(2,3)4/h5-7,10H,8-9H2,1-4H3. The van der Waals surface area contributed by atoms with Crippen molar-refractivity contribution in [2.75, 3.05) is 7.11 Å². The number of hydrogen-bond donors (Lipinski definition) is 0. The lowest BCUT2D eigenvalue weighted by Crippen LogP contribution is -2.29. The number of rotatable bonds is 5. The first kappa shape index (κ1) is 13.8. The van der Waals surface area contributed by atoms with Gasteiger partial charge in [-0.25, -0.2) is 0 Å². The number of ether oxygens (including phenoxy) is 1. The Kier molecular flexibility index (Phi) is 4.75. The van der Waals surface area contributed by atoms with E-state index in [4.69, 9.17) is 9.16 Å². The maximum atomic E-state index is 11.6. The summed E-state index contributed by atoms with van der Waals surface area (Å²) in [6.45, 7) is 6.03. The van der Waals surface area contributed by atoms with Crippen molar-refractivity contribution in [2.24, 2.45) is 0 Å². The number of carbonyl (C=O) groups is 1. The summed E-state index contributed by atoms with van der Waals surface area (Å²) in [5.41, 5.74) is 1.09. The SMILES string of the molecule is COc1cccc(CCC(=O)O[Si](C)(C)C)c1. The van der Waals surface area contributed by atoms with Gasteiger partial charge in [-0.05, 0) is 43.8 Å². The molecule has 0 heterocycles. The summed E-state index contributed by atoms with van der Waals surface area (Å²) >= 11 is 0. The van der Waals surface area contributed by atoms with E-state index in [0.29, 0.717) is 12.8 Å². The molecule has 0 aliphatic rings. The Morgan fingerprint density at radius 2 is 2.00 bits per heavy atom. The molecule has 1 aromatic rings. The van der Waals surface area contributed by atoms with Crippen molar-refractivity contribution in [2.45, 2.75) is 32.5 Å². The van der Waals surface area contributed by atoms with E-state index in [1.807, 2.05) is 43.9 Å². The fourth-order valence-corrected chi connectivity index (χ4v) is 2.25. The van der Waals surface area contributed by atoms with E-state index in [2.05, 4.69) is 0 Å². The van der Waals surface area contributed by atoms with Crippen LogP contribution in [0.2, 0.25) is 19.6 Å². The summed E-state index contributed by atoms with van der Waals surface area (Å²) in [7, 11) is -0.113. The molecule has 0 unspecified atom stereocenters. The highest BCUT2D eigenvalue weighted by Crippen LogP contribution is 2.14. The summed E-state index contributed by atoms with van der Waals surface area (Å²) in [6, 6.07) is 7.76. The Morgan fingerprint density at radius 1 is 1.29 bits per heavy atom. The molecule has 0 saturated carbocycles. The first-order valence-electron chi connectivity index (χ1n) is 5.75. The molecule has 17 heavy (non-hydrogen) atoms. The van der Waals surface area contributed by atoms with Crippen molar-refractivity contribution >= 4 is 14.3 Å². The van der Waals surface area contributed by atoms with Crippen LogP contribution in [-0.4, -0.2) is 21.4 Å². The van der Waals surface area contributed by atoms with E-state index < -0.39 is 8.32 Å². The molecular formula is C13H20O3Si. The number of aryl methyl sites for hydroxylation is 1. The van der Waals surface area contributed by atoms with Gasteiger partial charge in [-0.15, -0.1) is 0 Å². The largest absolute Gasteiger partial charge is 0.520 e. The molecule has 0 fully saturated rings. The van der Waals surface area contributed by atoms with Crippen LogP contribution >= 0.6 is 0 Å². The highest BCUT2D eigenvalue weighted by Gasteiger charge is 2.19. The summed E-state index contributed by atoms with van der Waals surface area (Å²) in [5.74, 6) is 0.716. The summed E-state index contributed by atoms with van der Waals surface area (Å²) in [4.78, 5) is 11.6. The second kappa shape index (κ2) is 5.86. The quantitative estimate of drug-likeness (QED) is 0.756. The van der Waals surface area contributed by atoms with Crippen LogP contribution in [0.25, 0.3) is 0 Å². The van der Waals surface area contributed by atoms with E-state index >= 15 is 0 Å². The molecule has 0 atom stereocenters. The van der Waals surface area contributed by atoms with Gasteiger partial charge in [0.2, 0.25) is 8.32 Å². The molecule has 1 aromatic carbocycles. The number of benzene rings is 1. The first-order valence-corrected chi connectivity index (χ1v) is 9.16. The van der Waals surface area contributed by atoms with Crippen LogP contribution in [-0.2, 0) is 15.6 Å². The van der Waals surface area contributed by atoms with Crippen LogP contribution in [0.5, 0.6) is 5.75 Å². The monoisotopic (exact) mass is 252 g/mol. The average molecular weight is 252 g/mol. The third-order valence-corrected chi connectivity index (χ3v) is 3.01. The third-order valence-electron chi connectivity index (χ3n) is 2.17. The van der Waals surface area contributed by atoms with Crippen LogP contribution < -0.4 is 4.74 Å². The van der Waals surface area contributed by atoms with Gasteiger partial charge in [-0.2, -0.15) is 0 Å². The molecular weight excluding hydrogens is 232 g/mol. The summed E-state index contributed by atoms with van der Waals surface area (Å²) in [6.07, 6.45) is 1.12. The molecule has 0 N–H and O–H groups in total. The summed E-state index contributed by atoms with van der Waals surface area (Å²) in [5, 5.41) is 0. The fraction of sp³-hybridized carbons (Fsp3) is 0.462. The molecule has 0 aliphatic heterocycles. The predicted octanol–water partition coefficient (Wildman–Crippen LogP) is 3.01. The molecule has 0 amide bonds. The maximum absolute atomic E-state index is 11.6. The van der Waals surface area contributed by atoms with Crippen LogP contribution in [0, 0.1) is 0 Å². The lowest BCUT2D eigenvalue weighted by molar-refractivity contribution is -0.135.